The fraction of sp³-hybridized carbons (Fsp3) is 0.342. The average Bonchev–Trinajstić information content (AvgIpc) is 3.74. The highest BCUT2D eigenvalue weighted by atomic mass is 35.5. The molecule has 0 radical (unpaired) electrons. The third-order valence-corrected chi connectivity index (χ3v) is 11.3. The molecule has 7 rings (SSSR count). The molecule has 1 aliphatic carbocycles. The van der Waals surface area contributed by atoms with E-state index in [4.69, 9.17) is 44.6 Å². The molecule has 1 unspecified atom stereocenters. The van der Waals surface area contributed by atoms with E-state index in [1.165, 1.54) is 16.6 Å². The van der Waals surface area contributed by atoms with Crippen LogP contribution in [0.25, 0.3) is 39.0 Å². The third kappa shape index (κ3) is 7.38. The molecule has 2 aromatic carbocycles. The molecule has 0 bridgehead atoms. The van der Waals surface area contributed by atoms with Crippen molar-refractivity contribution in [2.45, 2.75) is 63.4 Å². The molecule has 4 heterocycles. The highest BCUT2D eigenvalue weighted by Crippen LogP contribution is 2.43. The number of fused-ring (bicyclic) bond motifs is 1. The first kappa shape index (κ1) is 37.6. The maximum absolute atomic E-state index is 13.4. The molecule has 13 nitrogen and oxygen atoms in total. The molecule has 3 aromatic heterocycles. The summed E-state index contributed by atoms with van der Waals surface area (Å²) in [5, 5.41) is 31.9. The summed E-state index contributed by atoms with van der Waals surface area (Å²) in [5.74, 6) is 0.583. The summed E-state index contributed by atoms with van der Waals surface area (Å²) < 4.78 is 8.68. The van der Waals surface area contributed by atoms with Crippen LogP contribution in [0.4, 0.5) is 4.79 Å². The molecular weight excluding hydrogens is 757 g/mol. The van der Waals surface area contributed by atoms with Gasteiger partial charge in [-0.05, 0) is 38.3 Å². The molecule has 2 fully saturated rings. The average molecular weight is 795 g/mol. The van der Waals surface area contributed by atoms with Crippen LogP contribution < -0.4 is 20.9 Å². The number of ether oxygens (including phenoxy) is 1. The largest absolute Gasteiger partial charge is 0.481 e. The number of nitrogens with zero attached hydrogens (tertiary/aromatic N) is 5. The SMILES string of the molecule is COc1nc(-c2cccc(-c3cccc(-c4cc5c(=O)n(C)c(CNC6CC(C)(O)C6)nn5c4)c3Cl)c2Cl)cc(Cl)c1CN(CC1CCC(=O)N1)C(=O)O. The smallest absolute Gasteiger partial charge is 0.407 e. The van der Waals surface area contributed by atoms with Crippen LogP contribution in [-0.2, 0) is 24.9 Å². The number of hydrogen-bond acceptors (Lipinski definition) is 8. The Labute approximate surface area is 325 Å². The van der Waals surface area contributed by atoms with Crippen LogP contribution in [0.5, 0.6) is 5.88 Å². The zero-order valence-electron chi connectivity index (χ0n) is 29.7. The quantitative estimate of drug-likeness (QED) is 0.123. The zero-order chi connectivity index (χ0) is 38.5. The minimum Gasteiger partial charge on any atom is -0.481 e. The number of carbonyl (C=O) groups excluding carboxylic acids is 1. The molecule has 2 aliphatic rings. The summed E-state index contributed by atoms with van der Waals surface area (Å²) in [6, 6.07) is 14.2. The number of aromatic nitrogens is 4. The van der Waals surface area contributed by atoms with E-state index in [0.717, 1.165) is 0 Å². The minimum atomic E-state index is -1.17. The molecule has 54 heavy (non-hydrogen) atoms. The Morgan fingerprint density at radius 3 is 2.37 bits per heavy atom. The molecule has 4 N–H and O–H groups in total. The van der Waals surface area contributed by atoms with E-state index < -0.39 is 11.7 Å². The van der Waals surface area contributed by atoms with Gasteiger partial charge in [0.2, 0.25) is 11.8 Å². The second-order valence-electron chi connectivity index (χ2n) is 14.1. The number of benzene rings is 2. The van der Waals surface area contributed by atoms with Gasteiger partial charge in [-0.3, -0.25) is 14.2 Å². The molecule has 5 aromatic rings. The van der Waals surface area contributed by atoms with Crippen LogP contribution in [0.3, 0.4) is 0 Å². The first-order valence-corrected chi connectivity index (χ1v) is 18.5. The van der Waals surface area contributed by atoms with E-state index in [-0.39, 0.29) is 47.5 Å². The normalized spacial score (nSPS) is 19.5. The van der Waals surface area contributed by atoms with Crippen molar-refractivity contribution in [1.82, 2.24) is 34.7 Å². The lowest BCUT2D eigenvalue weighted by atomic mass is 9.77. The van der Waals surface area contributed by atoms with Crippen LogP contribution in [0.1, 0.15) is 44.0 Å². The fourth-order valence-electron chi connectivity index (χ4n) is 7.21. The summed E-state index contributed by atoms with van der Waals surface area (Å²) >= 11 is 21.0. The Hall–Kier alpha value is -4.66. The van der Waals surface area contributed by atoms with Crippen LogP contribution in [0.15, 0.2) is 59.5 Å². The zero-order valence-corrected chi connectivity index (χ0v) is 32.0. The highest BCUT2D eigenvalue weighted by molar-refractivity contribution is 6.39. The Balaban J connectivity index is 1.18. The molecular formula is C38H38Cl3N7O6. The third-order valence-electron chi connectivity index (χ3n) is 10.1. The van der Waals surface area contributed by atoms with Crippen LogP contribution >= 0.6 is 34.8 Å². The second kappa shape index (κ2) is 14.9. The van der Waals surface area contributed by atoms with E-state index >= 15 is 0 Å². The van der Waals surface area contributed by atoms with E-state index in [0.29, 0.717) is 92.7 Å². The van der Waals surface area contributed by atoms with E-state index in [1.807, 2.05) is 37.3 Å². The predicted molar refractivity (Wildman–Crippen MR) is 206 cm³/mol. The highest BCUT2D eigenvalue weighted by Gasteiger charge is 2.38. The number of amides is 2. The number of pyridine rings is 1. The molecule has 0 spiro atoms. The Bertz CT molecular complexity index is 2350. The molecule has 16 heteroatoms. The summed E-state index contributed by atoms with van der Waals surface area (Å²) in [6.07, 6.45) is 2.77. The number of methoxy groups -OCH3 is 1. The number of rotatable bonds is 11. The Kier molecular flexibility index (Phi) is 10.4. The first-order chi connectivity index (χ1) is 25.7. The first-order valence-electron chi connectivity index (χ1n) is 17.4. The van der Waals surface area contributed by atoms with Crippen LogP contribution in [0.2, 0.25) is 15.1 Å². The molecule has 2 amide bonds. The molecule has 1 aliphatic heterocycles. The van der Waals surface area contributed by atoms with Gasteiger partial charge in [0.15, 0.2) is 0 Å². The van der Waals surface area contributed by atoms with Gasteiger partial charge in [-0.2, -0.15) is 5.10 Å². The molecule has 282 valence electrons. The van der Waals surface area contributed by atoms with Crippen LogP contribution in [-0.4, -0.2) is 77.6 Å². The predicted octanol–water partition coefficient (Wildman–Crippen LogP) is 6.16. The number of halogens is 3. The number of hydrogen-bond donors (Lipinski definition) is 4. The van der Waals surface area contributed by atoms with Crippen LogP contribution in [0, 0.1) is 0 Å². The van der Waals surface area contributed by atoms with Crippen molar-refractivity contribution in [3.63, 3.8) is 0 Å². The Morgan fingerprint density at radius 2 is 1.74 bits per heavy atom. The lowest BCUT2D eigenvalue weighted by Crippen LogP contribution is -2.51. The van der Waals surface area contributed by atoms with E-state index in [2.05, 4.69) is 15.6 Å². The van der Waals surface area contributed by atoms with Crippen molar-refractivity contribution in [3.8, 4) is 39.4 Å². The Morgan fingerprint density at radius 1 is 1.07 bits per heavy atom. The van der Waals surface area contributed by atoms with Crippen molar-refractivity contribution in [2.24, 2.45) is 7.05 Å². The van der Waals surface area contributed by atoms with E-state index in [9.17, 15) is 24.6 Å². The lowest BCUT2D eigenvalue weighted by molar-refractivity contribution is -0.119. The maximum atomic E-state index is 13.4. The second-order valence-corrected chi connectivity index (χ2v) is 15.3. The monoisotopic (exact) mass is 793 g/mol. The lowest BCUT2D eigenvalue weighted by Gasteiger charge is -2.41. The summed E-state index contributed by atoms with van der Waals surface area (Å²) in [6.45, 7) is 2.17. The van der Waals surface area contributed by atoms with Gasteiger partial charge in [0.1, 0.15) is 11.3 Å². The summed E-state index contributed by atoms with van der Waals surface area (Å²) in [4.78, 5) is 43.1. The van der Waals surface area contributed by atoms with Gasteiger partial charge in [-0.15, -0.1) is 0 Å². The number of carbonyl (C=O) groups is 2. The van der Waals surface area contributed by atoms with Crippen molar-refractivity contribution >= 4 is 52.3 Å². The van der Waals surface area contributed by atoms with Gasteiger partial charge in [-0.25, -0.2) is 14.3 Å². The van der Waals surface area contributed by atoms with Crippen molar-refractivity contribution in [2.75, 3.05) is 13.7 Å². The van der Waals surface area contributed by atoms with E-state index in [1.54, 1.807) is 36.0 Å². The number of aliphatic hydroxyl groups is 1. The molecule has 1 saturated heterocycles. The maximum Gasteiger partial charge on any atom is 0.407 e. The molecule has 1 atom stereocenters. The topological polar surface area (TPSA) is 163 Å². The summed E-state index contributed by atoms with van der Waals surface area (Å²) in [7, 11) is 3.11. The van der Waals surface area contributed by atoms with Crippen molar-refractivity contribution < 1.29 is 24.5 Å². The van der Waals surface area contributed by atoms with Crippen molar-refractivity contribution in [3.05, 3.63) is 91.5 Å². The molecule has 1 saturated carbocycles. The van der Waals surface area contributed by atoms with Gasteiger partial charge in [-0.1, -0.05) is 71.2 Å². The van der Waals surface area contributed by atoms with Gasteiger partial charge >= 0.3 is 6.09 Å². The van der Waals surface area contributed by atoms with Gasteiger partial charge < -0.3 is 30.5 Å². The van der Waals surface area contributed by atoms with Gasteiger partial charge in [0.05, 0.1) is 52.1 Å². The van der Waals surface area contributed by atoms with Crippen molar-refractivity contribution in [1.29, 1.82) is 0 Å². The minimum absolute atomic E-state index is 0.0905. The van der Waals surface area contributed by atoms with Gasteiger partial charge in [0.25, 0.3) is 5.56 Å². The fourth-order valence-corrected chi connectivity index (χ4v) is 8.11. The summed E-state index contributed by atoms with van der Waals surface area (Å²) in [5.41, 5.74) is 3.47. The number of carboxylic acid groups (broad SMARTS) is 1. The van der Waals surface area contributed by atoms with Gasteiger partial charge in [0, 0.05) is 66.1 Å². The standard InChI is InChI=1S/C38H38Cl3N7O6/c1-38(53)14-22(15-38)42-16-31-45-48-17-20(12-30(48)36(50)46(31)2)23-6-4-7-24(33(23)40)25-8-5-9-26(34(25)41)29-13-28(39)27(35(44-29)54-3)19-47(37(51)52)18-21-10-11-32(49)43-21/h4-9,12-13,17,21-22,42,53H,10-11,14-16,18-19H2,1-3H3,(H,43,49)(H,51,52). The number of nitrogens with one attached hydrogen (secondary N) is 2.